The molecule has 5 atom stereocenters. The van der Waals surface area contributed by atoms with Gasteiger partial charge in [0.15, 0.2) is 0 Å². The van der Waals surface area contributed by atoms with Crippen molar-refractivity contribution in [1.82, 2.24) is 20.9 Å². The lowest BCUT2D eigenvalue weighted by Gasteiger charge is -2.38. The summed E-state index contributed by atoms with van der Waals surface area (Å²) in [6.07, 6.45) is 3.13. The second-order valence-electron chi connectivity index (χ2n) is 12.7. The molecule has 10 nitrogen and oxygen atoms in total. The first-order valence-electron chi connectivity index (χ1n) is 12.8. The number of primary amides is 1. The third kappa shape index (κ3) is 6.50. The second kappa shape index (κ2) is 10.2. The molecule has 1 aliphatic heterocycles. The molecule has 5 N–H and O–H groups in total. The first-order valence-corrected chi connectivity index (χ1v) is 13.5. The smallest absolute Gasteiger partial charge is 0.315 e. The molecule has 37 heavy (non-hydrogen) atoms. The molecule has 0 aromatic heterocycles. The fourth-order valence-electron chi connectivity index (χ4n) is 5.18. The van der Waals surface area contributed by atoms with Crippen molar-refractivity contribution in [2.45, 2.75) is 95.2 Å². The Bertz CT molecular complexity index is 969. The molecule has 5 amide bonds. The number of piperidine rings is 1. The van der Waals surface area contributed by atoms with Crippen molar-refractivity contribution < 1.29 is 24.0 Å². The van der Waals surface area contributed by atoms with Gasteiger partial charge >= 0.3 is 6.03 Å². The van der Waals surface area contributed by atoms with Crippen LogP contribution >= 0.6 is 23.2 Å². The van der Waals surface area contributed by atoms with Crippen LogP contribution in [0.25, 0.3) is 0 Å². The molecular formula is C25H39Cl2N5O5. The Morgan fingerprint density at radius 3 is 2.08 bits per heavy atom. The van der Waals surface area contributed by atoms with Crippen molar-refractivity contribution in [3.8, 4) is 0 Å². The van der Waals surface area contributed by atoms with Crippen LogP contribution in [0.2, 0.25) is 0 Å². The molecule has 2 aliphatic carbocycles. The van der Waals surface area contributed by atoms with Crippen LogP contribution in [0.4, 0.5) is 4.79 Å². The van der Waals surface area contributed by atoms with Crippen LogP contribution in [-0.2, 0) is 19.2 Å². The van der Waals surface area contributed by atoms with Crippen molar-refractivity contribution in [3.63, 3.8) is 0 Å². The van der Waals surface area contributed by atoms with E-state index >= 15 is 0 Å². The van der Waals surface area contributed by atoms with Gasteiger partial charge in [-0.05, 0) is 38.5 Å². The first kappa shape index (κ1) is 29.5. The van der Waals surface area contributed by atoms with Crippen molar-refractivity contribution >= 4 is 52.7 Å². The van der Waals surface area contributed by atoms with Crippen LogP contribution in [0.5, 0.6) is 0 Å². The van der Waals surface area contributed by atoms with E-state index in [1.165, 1.54) is 4.90 Å². The number of likely N-dealkylation sites (tertiary alicyclic amines) is 1. The number of hydrogen-bond donors (Lipinski definition) is 4. The Morgan fingerprint density at radius 2 is 1.62 bits per heavy atom. The molecule has 0 aromatic rings. The molecule has 1 saturated heterocycles. The van der Waals surface area contributed by atoms with E-state index in [0.717, 1.165) is 19.3 Å². The molecule has 3 fully saturated rings. The number of carbonyl (C=O) groups excluding carboxylic acids is 5. The van der Waals surface area contributed by atoms with Crippen LogP contribution in [0, 0.1) is 23.2 Å². The minimum Gasteiger partial charge on any atom is -0.363 e. The number of hydrogen-bond acceptors (Lipinski definition) is 5. The Kier molecular flexibility index (Phi) is 8.16. The number of Topliss-reactive ketones (excluding diaryl/α,β-unsaturated/α-hetero) is 1. The van der Waals surface area contributed by atoms with Gasteiger partial charge in [0.2, 0.25) is 17.6 Å². The van der Waals surface area contributed by atoms with E-state index in [0.29, 0.717) is 6.42 Å². The maximum atomic E-state index is 13.8. The van der Waals surface area contributed by atoms with Gasteiger partial charge in [-0.25, -0.2) is 4.79 Å². The van der Waals surface area contributed by atoms with E-state index in [1.807, 2.05) is 41.5 Å². The van der Waals surface area contributed by atoms with Gasteiger partial charge in [0, 0.05) is 23.9 Å². The maximum absolute atomic E-state index is 13.8. The van der Waals surface area contributed by atoms with Gasteiger partial charge in [-0.2, -0.15) is 0 Å². The van der Waals surface area contributed by atoms with E-state index in [9.17, 15) is 24.0 Å². The summed E-state index contributed by atoms with van der Waals surface area (Å²) in [6, 6.07) is -3.61. The van der Waals surface area contributed by atoms with E-state index in [2.05, 4.69) is 16.0 Å². The molecule has 0 spiro atoms. The van der Waals surface area contributed by atoms with Crippen molar-refractivity contribution in [1.29, 1.82) is 0 Å². The standard InChI is InChI=1S/C25H39Cl2N5O5/c1-23(2,3)18(30-22(37)31-24(4,5)6)21(36)32-11-13-15(25(13,26)27)16(32)20(35)29-14(17(33)19(28)34)10-12-8-7-9-12/h12-16,18H,7-11H2,1-6H3,(H2,28,34)(H,29,35)(H2,30,31,37)/t13-,14-,15-,16-,18+/m0/s1. The maximum Gasteiger partial charge on any atom is 0.315 e. The molecule has 12 heteroatoms. The summed E-state index contributed by atoms with van der Waals surface area (Å²) in [6.45, 7) is 11.0. The van der Waals surface area contributed by atoms with Gasteiger partial charge in [0.1, 0.15) is 16.4 Å². The molecule has 0 bridgehead atoms. The summed E-state index contributed by atoms with van der Waals surface area (Å²) in [5.74, 6) is -3.74. The predicted octanol–water partition coefficient (Wildman–Crippen LogP) is 1.86. The molecule has 0 aromatic carbocycles. The molecule has 3 rings (SSSR count). The number of nitrogens with zero attached hydrogens (tertiary/aromatic N) is 1. The highest BCUT2D eigenvalue weighted by Gasteiger charge is 2.74. The minimum absolute atomic E-state index is 0.126. The fraction of sp³-hybridized carbons (Fsp3) is 0.800. The third-order valence-electron chi connectivity index (χ3n) is 7.43. The van der Waals surface area contributed by atoms with Crippen LogP contribution in [0.15, 0.2) is 0 Å². The normalized spacial score (nSPS) is 26.3. The molecule has 0 unspecified atom stereocenters. The largest absolute Gasteiger partial charge is 0.363 e. The van der Waals surface area contributed by atoms with Gasteiger partial charge in [-0.1, -0.05) is 40.0 Å². The number of carbonyl (C=O) groups is 5. The van der Waals surface area contributed by atoms with E-state index in [-0.39, 0.29) is 18.4 Å². The summed E-state index contributed by atoms with van der Waals surface area (Å²) in [5.41, 5.74) is 4.03. The summed E-state index contributed by atoms with van der Waals surface area (Å²) in [7, 11) is 0. The number of amides is 5. The lowest BCUT2D eigenvalue weighted by molar-refractivity contribution is -0.144. The molecule has 208 valence electrons. The van der Waals surface area contributed by atoms with Crippen LogP contribution in [-0.4, -0.2) is 69.0 Å². The second-order valence-corrected chi connectivity index (χ2v) is 14.2. The highest BCUT2D eigenvalue weighted by Crippen LogP contribution is 2.65. The van der Waals surface area contributed by atoms with Crippen LogP contribution in [0.3, 0.4) is 0 Å². The Labute approximate surface area is 228 Å². The van der Waals surface area contributed by atoms with Crippen molar-refractivity contribution in [3.05, 3.63) is 0 Å². The van der Waals surface area contributed by atoms with Gasteiger partial charge < -0.3 is 26.6 Å². The predicted molar refractivity (Wildman–Crippen MR) is 140 cm³/mol. The number of fused-ring (bicyclic) bond motifs is 1. The molecule has 3 aliphatic rings. The average Bonchev–Trinajstić information content (AvgIpc) is 3.06. The quantitative estimate of drug-likeness (QED) is 0.264. The third-order valence-corrected chi connectivity index (χ3v) is 8.50. The highest BCUT2D eigenvalue weighted by atomic mass is 35.5. The number of halogens is 2. The number of nitrogens with two attached hydrogens (primary N) is 1. The Hall–Kier alpha value is -2.07. The first-order chi connectivity index (χ1) is 16.8. The van der Waals surface area contributed by atoms with Gasteiger partial charge in [0.25, 0.3) is 5.91 Å². The zero-order chi connectivity index (χ0) is 28.1. The Morgan fingerprint density at radius 1 is 1.03 bits per heavy atom. The minimum atomic E-state index is -1.19. The lowest BCUT2D eigenvalue weighted by Crippen LogP contribution is -2.62. The lowest BCUT2D eigenvalue weighted by atomic mass is 9.80. The van der Waals surface area contributed by atoms with Crippen molar-refractivity contribution in [2.24, 2.45) is 28.9 Å². The number of urea groups is 1. The topological polar surface area (TPSA) is 151 Å². The number of ketones is 1. The van der Waals surface area contributed by atoms with Gasteiger partial charge in [-0.3, -0.25) is 19.2 Å². The number of alkyl halides is 2. The fourth-order valence-corrected chi connectivity index (χ4v) is 6.00. The Balaban J connectivity index is 1.83. The monoisotopic (exact) mass is 559 g/mol. The van der Waals surface area contributed by atoms with Crippen LogP contribution < -0.4 is 21.7 Å². The summed E-state index contributed by atoms with van der Waals surface area (Å²) in [5, 5.41) is 8.22. The molecule has 2 saturated carbocycles. The summed E-state index contributed by atoms with van der Waals surface area (Å²) in [4.78, 5) is 65.6. The van der Waals surface area contributed by atoms with E-state index in [1.54, 1.807) is 0 Å². The van der Waals surface area contributed by atoms with E-state index in [4.69, 9.17) is 28.9 Å². The average molecular weight is 561 g/mol. The highest BCUT2D eigenvalue weighted by molar-refractivity contribution is 6.51. The number of nitrogens with one attached hydrogen (secondary N) is 3. The molecule has 0 radical (unpaired) electrons. The van der Waals surface area contributed by atoms with Gasteiger partial charge in [-0.15, -0.1) is 23.2 Å². The van der Waals surface area contributed by atoms with Crippen LogP contribution in [0.1, 0.15) is 67.2 Å². The SMILES string of the molecule is CC(C)(C)NC(=O)N[C@H](C(=O)N1C[C@H]2[C@@H]([C@H]1C(=O)N[C@@H](CC1CCC1)C(=O)C(N)=O)C2(Cl)Cl)C(C)(C)C. The summed E-state index contributed by atoms with van der Waals surface area (Å²) < 4.78 is -1.19. The summed E-state index contributed by atoms with van der Waals surface area (Å²) >= 11 is 12.9. The van der Waals surface area contributed by atoms with E-state index < -0.39 is 68.9 Å². The van der Waals surface area contributed by atoms with Crippen molar-refractivity contribution in [2.75, 3.05) is 6.54 Å². The number of rotatable bonds is 8. The zero-order valence-electron chi connectivity index (χ0n) is 22.3. The molecule has 1 heterocycles. The zero-order valence-corrected chi connectivity index (χ0v) is 23.8. The van der Waals surface area contributed by atoms with Gasteiger partial charge in [0.05, 0.1) is 6.04 Å². The molecular weight excluding hydrogens is 521 g/mol.